The molecule has 1 aromatic rings. The molecule has 2 atom stereocenters. The highest BCUT2D eigenvalue weighted by Crippen LogP contribution is 2.24. The van der Waals surface area contributed by atoms with Crippen molar-refractivity contribution < 1.29 is 18.3 Å². The summed E-state index contributed by atoms with van der Waals surface area (Å²) in [6.07, 6.45) is 1.75. The highest BCUT2D eigenvalue weighted by Gasteiger charge is 2.30. The van der Waals surface area contributed by atoms with Crippen molar-refractivity contribution in [3.63, 3.8) is 0 Å². The molecule has 0 unspecified atom stereocenters. The molecular formula is C13H20F3N3O. The van der Waals surface area contributed by atoms with E-state index < -0.39 is 18.8 Å². The van der Waals surface area contributed by atoms with Crippen LogP contribution in [0.15, 0.2) is 12.4 Å². The Hall–Kier alpha value is -1.08. The monoisotopic (exact) mass is 291 g/mol. The third-order valence-electron chi connectivity index (χ3n) is 3.80. The molecule has 4 nitrogen and oxygen atoms in total. The van der Waals surface area contributed by atoms with E-state index in [0.29, 0.717) is 12.4 Å². The van der Waals surface area contributed by atoms with Gasteiger partial charge in [-0.05, 0) is 19.9 Å². The van der Waals surface area contributed by atoms with Gasteiger partial charge < -0.3 is 9.67 Å². The molecule has 1 aliphatic carbocycles. The summed E-state index contributed by atoms with van der Waals surface area (Å²) in [5.41, 5.74) is 0. The number of aromatic nitrogens is 2. The molecule has 0 aliphatic heterocycles. The Morgan fingerprint density at radius 3 is 2.75 bits per heavy atom. The number of hydrogen-bond donors (Lipinski definition) is 1. The second-order valence-electron chi connectivity index (χ2n) is 5.42. The molecule has 0 amide bonds. The maximum absolute atomic E-state index is 12.5. The van der Waals surface area contributed by atoms with Gasteiger partial charge in [0.15, 0.2) is 0 Å². The molecular weight excluding hydrogens is 271 g/mol. The number of rotatable bonds is 4. The largest absolute Gasteiger partial charge is 0.406 e. The van der Waals surface area contributed by atoms with E-state index in [1.54, 1.807) is 0 Å². The van der Waals surface area contributed by atoms with E-state index in [1.807, 2.05) is 11.9 Å². The maximum Gasteiger partial charge on any atom is 0.406 e. The molecule has 1 N–H and O–H groups in total. The Labute approximate surface area is 116 Å². The molecule has 7 heteroatoms. The summed E-state index contributed by atoms with van der Waals surface area (Å²) in [6, 6.07) is -0.000197. The Bertz CT molecular complexity index is 433. The molecule has 1 heterocycles. The van der Waals surface area contributed by atoms with Gasteiger partial charge >= 0.3 is 6.18 Å². The van der Waals surface area contributed by atoms with Crippen molar-refractivity contribution in [2.75, 3.05) is 7.05 Å². The van der Waals surface area contributed by atoms with Crippen LogP contribution < -0.4 is 0 Å². The second-order valence-corrected chi connectivity index (χ2v) is 5.42. The van der Waals surface area contributed by atoms with Crippen LogP contribution in [0.2, 0.25) is 0 Å². The SMILES string of the molecule is CN(Cc1nccn1CC(F)(F)F)[C@H]1CCCC[C@@H]1O. The van der Waals surface area contributed by atoms with E-state index in [-0.39, 0.29) is 6.04 Å². The molecule has 1 fully saturated rings. The number of alkyl halides is 3. The van der Waals surface area contributed by atoms with E-state index in [1.165, 1.54) is 12.4 Å². The number of halogens is 3. The summed E-state index contributed by atoms with van der Waals surface area (Å²) in [4.78, 5) is 5.90. The molecule has 1 saturated carbocycles. The molecule has 1 aliphatic rings. The van der Waals surface area contributed by atoms with Crippen molar-refractivity contribution in [1.29, 1.82) is 0 Å². The lowest BCUT2D eigenvalue weighted by Gasteiger charge is -2.35. The van der Waals surface area contributed by atoms with Crippen LogP contribution in [-0.2, 0) is 13.1 Å². The van der Waals surface area contributed by atoms with E-state index in [2.05, 4.69) is 4.98 Å². The fourth-order valence-electron chi connectivity index (χ4n) is 2.77. The summed E-state index contributed by atoms with van der Waals surface area (Å²) >= 11 is 0. The second kappa shape index (κ2) is 6.13. The Morgan fingerprint density at radius 1 is 1.40 bits per heavy atom. The quantitative estimate of drug-likeness (QED) is 0.924. The zero-order valence-electron chi connectivity index (χ0n) is 11.5. The van der Waals surface area contributed by atoms with Crippen molar-refractivity contribution in [2.45, 2.75) is 57.1 Å². The summed E-state index contributed by atoms with van der Waals surface area (Å²) < 4.78 is 38.5. The fraction of sp³-hybridized carbons (Fsp3) is 0.769. The van der Waals surface area contributed by atoms with Gasteiger partial charge in [0.05, 0.1) is 12.6 Å². The van der Waals surface area contributed by atoms with Gasteiger partial charge in [0.2, 0.25) is 0 Å². The van der Waals surface area contributed by atoms with Gasteiger partial charge in [0.25, 0.3) is 0 Å². The minimum absolute atomic E-state index is 0.000197. The lowest BCUT2D eigenvalue weighted by molar-refractivity contribution is -0.141. The summed E-state index contributed by atoms with van der Waals surface area (Å²) in [5.74, 6) is 0.377. The Kier molecular flexibility index (Phi) is 4.70. The first-order chi connectivity index (χ1) is 9.37. The van der Waals surface area contributed by atoms with Crippen molar-refractivity contribution in [2.24, 2.45) is 0 Å². The number of nitrogens with zero attached hydrogens (tertiary/aromatic N) is 3. The predicted molar refractivity (Wildman–Crippen MR) is 68.0 cm³/mol. The highest BCUT2D eigenvalue weighted by molar-refractivity contribution is 4.94. The molecule has 0 saturated heterocycles. The van der Waals surface area contributed by atoms with Crippen molar-refractivity contribution in [3.8, 4) is 0 Å². The highest BCUT2D eigenvalue weighted by atomic mass is 19.4. The maximum atomic E-state index is 12.5. The van der Waals surface area contributed by atoms with Gasteiger partial charge in [-0.2, -0.15) is 13.2 Å². The zero-order chi connectivity index (χ0) is 14.8. The lowest BCUT2D eigenvalue weighted by Crippen LogP contribution is -2.43. The van der Waals surface area contributed by atoms with Crippen LogP contribution in [0.5, 0.6) is 0 Å². The number of hydrogen-bond acceptors (Lipinski definition) is 3. The van der Waals surface area contributed by atoms with Crippen LogP contribution in [-0.4, -0.2) is 44.9 Å². The first-order valence-electron chi connectivity index (χ1n) is 6.82. The third-order valence-corrected chi connectivity index (χ3v) is 3.80. The molecule has 0 spiro atoms. The van der Waals surface area contributed by atoms with Crippen molar-refractivity contribution >= 4 is 0 Å². The van der Waals surface area contributed by atoms with Gasteiger partial charge in [0.1, 0.15) is 12.4 Å². The topological polar surface area (TPSA) is 41.3 Å². The van der Waals surface area contributed by atoms with Crippen LogP contribution in [0.4, 0.5) is 13.2 Å². The standard InChI is InChI=1S/C13H20F3N3O/c1-18(10-4-2-3-5-11(10)20)8-12-17-6-7-19(12)9-13(14,15)16/h6-7,10-11,20H,2-5,8-9H2,1H3/t10-,11-/m0/s1. The van der Waals surface area contributed by atoms with Crippen LogP contribution in [0.1, 0.15) is 31.5 Å². The van der Waals surface area contributed by atoms with Crippen LogP contribution >= 0.6 is 0 Å². The summed E-state index contributed by atoms with van der Waals surface area (Å²) in [5, 5.41) is 9.97. The average molecular weight is 291 g/mol. The number of aliphatic hydroxyl groups excluding tert-OH is 1. The van der Waals surface area contributed by atoms with E-state index >= 15 is 0 Å². The van der Waals surface area contributed by atoms with E-state index in [0.717, 1.165) is 30.3 Å². The van der Waals surface area contributed by atoms with Crippen molar-refractivity contribution in [1.82, 2.24) is 14.5 Å². The van der Waals surface area contributed by atoms with Gasteiger partial charge in [-0.1, -0.05) is 12.8 Å². The smallest absolute Gasteiger partial charge is 0.391 e. The fourth-order valence-corrected chi connectivity index (χ4v) is 2.77. The normalized spacial score (nSPS) is 24.3. The number of imidazole rings is 1. The third kappa shape index (κ3) is 3.96. The molecule has 0 radical (unpaired) electrons. The first kappa shape index (κ1) is 15.3. The summed E-state index contributed by atoms with van der Waals surface area (Å²) in [6.45, 7) is -0.714. The number of likely N-dealkylation sites (N-methyl/N-ethyl adjacent to an activating group) is 1. The first-order valence-corrected chi connectivity index (χ1v) is 6.82. The molecule has 0 aromatic carbocycles. The number of aliphatic hydroxyl groups is 1. The van der Waals surface area contributed by atoms with Crippen molar-refractivity contribution in [3.05, 3.63) is 18.2 Å². The molecule has 114 valence electrons. The predicted octanol–water partition coefficient (Wildman–Crippen LogP) is 2.18. The molecule has 2 rings (SSSR count). The Morgan fingerprint density at radius 2 is 2.10 bits per heavy atom. The molecule has 0 bridgehead atoms. The zero-order valence-corrected chi connectivity index (χ0v) is 11.5. The molecule has 20 heavy (non-hydrogen) atoms. The Balaban J connectivity index is 2.00. The van der Waals surface area contributed by atoms with E-state index in [4.69, 9.17) is 0 Å². The minimum atomic E-state index is -4.25. The minimum Gasteiger partial charge on any atom is -0.391 e. The average Bonchev–Trinajstić information content (AvgIpc) is 2.74. The van der Waals surface area contributed by atoms with Crippen LogP contribution in [0.25, 0.3) is 0 Å². The van der Waals surface area contributed by atoms with Gasteiger partial charge in [-0.25, -0.2) is 4.98 Å². The van der Waals surface area contributed by atoms with Gasteiger partial charge in [-0.3, -0.25) is 4.90 Å². The van der Waals surface area contributed by atoms with Crippen LogP contribution in [0.3, 0.4) is 0 Å². The van der Waals surface area contributed by atoms with Gasteiger partial charge in [0, 0.05) is 18.4 Å². The van der Waals surface area contributed by atoms with Gasteiger partial charge in [-0.15, -0.1) is 0 Å². The van der Waals surface area contributed by atoms with E-state index in [9.17, 15) is 18.3 Å². The summed E-state index contributed by atoms with van der Waals surface area (Å²) in [7, 11) is 1.83. The molecule has 1 aromatic heterocycles. The lowest BCUT2D eigenvalue weighted by atomic mass is 9.91. The van der Waals surface area contributed by atoms with Crippen LogP contribution in [0, 0.1) is 0 Å².